The second-order valence-corrected chi connectivity index (χ2v) is 5.94. The van der Waals surface area contributed by atoms with Crippen LogP contribution in [-0.4, -0.2) is 65.1 Å². The number of ether oxygens (including phenoxy) is 1. The van der Waals surface area contributed by atoms with E-state index in [9.17, 15) is 9.59 Å². The number of hydrogen-bond donors (Lipinski definition) is 0. The lowest BCUT2D eigenvalue weighted by Gasteiger charge is -2.37. The average Bonchev–Trinajstić information content (AvgIpc) is 2.75. The predicted octanol–water partition coefficient (Wildman–Crippen LogP) is 1.18. The van der Waals surface area contributed by atoms with Crippen molar-refractivity contribution in [1.82, 2.24) is 9.80 Å². The molecule has 0 bridgehead atoms. The number of nitrogens with zero attached hydrogens (tertiary/aromatic N) is 2. The van der Waals surface area contributed by atoms with Gasteiger partial charge in [-0.1, -0.05) is 11.8 Å². The number of carbonyl (C=O) groups is 2. The van der Waals surface area contributed by atoms with Crippen LogP contribution in [0.2, 0.25) is 0 Å². The number of rotatable bonds is 3. The van der Waals surface area contributed by atoms with Gasteiger partial charge in [0.25, 0.3) is 5.24 Å². The molecule has 0 N–H and O–H groups in total. The first-order valence-electron chi connectivity index (χ1n) is 6.40. The highest BCUT2D eigenvalue weighted by molar-refractivity contribution is 8.13. The van der Waals surface area contributed by atoms with Gasteiger partial charge in [-0.25, -0.2) is 0 Å². The maximum Gasteiger partial charge on any atom is 0.281 e. The van der Waals surface area contributed by atoms with Crippen LogP contribution in [-0.2, 0) is 9.53 Å². The molecule has 0 spiro atoms. The molecule has 0 aromatic heterocycles. The maximum absolute atomic E-state index is 12.1. The molecule has 0 saturated carbocycles. The van der Waals surface area contributed by atoms with Gasteiger partial charge >= 0.3 is 0 Å². The lowest BCUT2D eigenvalue weighted by molar-refractivity contribution is -0.143. The van der Waals surface area contributed by atoms with E-state index >= 15 is 0 Å². The Morgan fingerprint density at radius 3 is 2.94 bits per heavy atom. The fourth-order valence-electron chi connectivity index (χ4n) is 2.25. The Kier molecular flexibility index (Phi) is 4.50. The van der Waals surface area contributed by atoms with Crippen molar-refractivity contribution >= 4 is 22.9 Å². The van der Waals surface area contributed by atoms with Gasteiger partial charge in [0.05, 0.1) is 18.8 Å². The van der Waals surface area contributed by atoms with Crippen molar-refractivity contribution in [2.75, 3.05) is 32.0 Å². The molecule has 102 valence electrons. The summed E-state index contributed by atoms with van der Waals surface area (Å²) < 4.78 is 5.50. The van der Waals surface area contributed by atoms with Crippen molar-refractivity contribution in [3.8, 4) is 0 Å². The zero-order valence-electron chi connectivity index (χ0n) is 10.9. The predicted molar refractivity (Wildman–Crippen MR) is 70.6 cm³/mol. The molecule has 2 fully saturated rings. The fraction of sp³-hybridized carbons (Fsp3) is 0.833. The van der Waals surface area contributed by atoms with E-state index in [2.05, 4.69) is 0 Å². The number of amides is 2. The highest BCUT2D eigenvalue weighted by Crippen LogP contribution is 2.18. The molecular weight excluding hydrogens is 252 g/mol. The highest BCUT2D eigenvalue weighted by Gasteiger charge is 2.28. The average molecular weight is 272 g/mol. The lowest BCUT2D eigenvalue weighted by atomic mass is 10.2. The Bertz CT molecular complexity index is 337. The quantitative estimate of drug-likeness (QED) is 0.774. The van der Waals surface area contributed by atoms with Crippen molar-refractivity contribution in [3.63, 3.8) is 0 Å². The van der Waals surface area contributed by atoms with Gasteiger partial charge < -0.3 is 14.5 Å². The molecule has 2 rings (SSSR count). The third kappa shape index (κ3) is 3.17. The SMILES string of the molecule is CC1CN(C(=O)CCN2CCSC2=O)C(C)CO1. The van der Waals surface area contributed by atoms with Crippen LogP contribution in [0.15, 0.2) is 0 Å². The normalized spacial score (nSPS) is 28.9. The lowest BCUT2D eigenvalue weighted by Crippen LogP contribution is -2.50. The third-order valence-corrected chi connectivity index (χ3v) is 4.26. The van der Waals surface area contributed by atoms with Gasteiger partial charge in [0.1, 0.15) is 0 Å². The minimum absolute atomic E-state index is 0.103. The molecule has 0 aromatic rings. The van der Waals surface area contributed by atoms with E-state index < -0.39 is 0 Å². The molecule has 2 aliphatic heterocycles. The zero-order valence-corrected chi connectivity index (χ0v) is 11.7. The molecule has 0 aliphatic carbocycles. The van der Waals surface area contributed by atoms with Crippen LogP contribution in [0, 0.1) is 0 Å². The Labute approximate surface area is 112 Å². The summed E-state index contributed by atoms with van der Waals surface area (Å²) >= 11 is 1.34. The first-order valence-corrected chi connectivity index (χ1v) is 7.39. The highest BCUT2D eigenvalue weighted by atomic mass is 32.2. The summed E-state index contributed by atoms with van der Waals surface area (Å²) in [4.78, 5) is 27.2. The molecule has 2 heterocycles. The minimum Gasteiger partial charge on any atom is -0.375 e. The first kappa shape index (κ1) is 13.7. The summed E-state index contributed by atoms with van der Waals surface area (Å²) in [5.41, 5.74) is 0. The Balaban J connectivity index is 1.81. The third-order valence-electron chi connectivity index (χ3n) is 3.37. The second-order valence-electron chi connectivity index (χ2n) is 4.89. The Morgan fingerprint density at radius 2 is 2.28 bits per heavy atom. The summed E-state index contributed by atoms with van der Waals surface area (Å²) in [6.45, 7) is 6.55. The minimum atomic E-state index is 0.103. The summed E-state index contributed by atoms with van der Waals surface area (Å²) in [7, 11) is 0. The molecular formula is C12H20N2O3S. The van der Waals surface area contributed by atoms with Gasteiger partial charge in [-0.05, 0) is 13.8 Å². The largest absolute Gasteiger partial charge is 0.375 e. The number of thioether (sulfide) groups is 1. The van der Waals surface area contributed by atoms with Crippen molar-refractivity contribution in [3.05, 3.63) is 0 Å². The van der Waals surface area contributed by atoms with E-state index in [1.807, 2.05) is 18.7 Å². The number of carbonyl (C=O) groups excluding carboxylic acids is 2. The smallest absolute Gasteiger partial charge is 0.281 e. The molecule has 0 aromatic carbocycles. The van der Waals surface area contributed by atoms with Crippen LogP contribution in [0.3, 0.4) is 0 Å². The van der Waals surface area contributed by atoms with Gasteiger partial charge in [-0.15, -0.1) is 0 Å². The van der Waals surface area contributed by atoms with E-state index in [-0.39, 0.29) is 23.3 Å². The van der Waals surface area contributed by atoms with Gasteiger partial charge in [-0.3, -0.25) is 9.59 Å². The van der Waals surface area contributed by atoms with E-state index in [1.165, 1.54) is 11.8 Å². The molecule has 2 atom stereocenters. The second kappa shape index (κ2) is 5.93. The van der Waals surface area contributed by atoms with Crippen LogP contribution < -0.4 is 0 Å². The fourth-order valence-corrected chi connectivity index (χ4v) is 3.11. The molecule has 2 unspecified atom stereocenters. The Morgan fingerprint density at radius 1 is 1.50 bits per heavy atom. The standard InChI is InChI=1S/C12H20N2O3S/c1-9-8-17-10(2)7-14(9)11(15)3-4-13-5-6-18-12(13)16/h9-10H,3-8H2,1-2H3. The molecule has 6 heteroatoms. The van der Waals surface area contributed by atoms with Crippen molar-refractivity contribution in [2.45, 2.75) is 32.4 Å². The summed E-state index contributed by atoms with van der Waals surface area (Å²) in [5.74, 6) is 0.972. The molecule has 18 heavy (non-hydrogen) atoms. The van der Waals surface area contributed by atoms with Gasteiger partial charge in [0, 0.05) is 31.8 Å². The van der Waals surface area contributed by atoms with Crippen LogP contribution in [0.5, 0.6) is 0 Å². The number of morpholine rings is 1. The maximum atomic E-state index is 12.1. The monoisotopic (exact) mass is 272 g/mol. The summed E-state index contributed by atoms with van der Waals surface area (Å²) in [6.07, 6.45) is 0.526. The van der Waals surface area contributed by atoms with Gasteiger partial charge in [0.15, 0.2) is 0 Å². The summed E-state index contributed by atoms with van der Waals surface area (Å²) in [5, 5.41) is 0.103. The molecule has 2 aliphatic rings. The van der Waals surface area contributed by atoms with Gasteiger partial charge in [0.2, 0.25) is 5.91 Å². The van der Waals surface area contributed by atoms with E-state index in [0.717, 1.165) is 12.3 Å². The van der Waals surface area contributed by atoms with E-state index in [0.29, 0.717) is 26.1 Å². The van der Waals surface area contributed by atoms with Gasteiger partial charge in [-0.2, -0.15) is 0 Å². The Hall–Kier alpha value is -0.750. The topological polar surface area (TPSA) is 49.9 Å². The van der Waals surface area contributed by atoms with Crippen LogP contribution in [0.25, 0.3) is 0 Å². The van der Waals surface area contributed by atoms with Crippen molar-refractivity contribution in [2.24, 2.45) is 0 Å². The van der Waals surface area contributed by atoms with Crippen molar-refractivity contribution < 1.29 is 14.3 Å². The molecule has 5 nitrogen and oxygen atoms in total. The van der Waals surface area contributed by atoms with Crippen LogP contribution >= 0.6 is 11.8 Å². The zero-order chi connectivity index (χ0) is 13.1. The summed E-state index contributed by atoms with van der Waals surface area (Å²) in [6, 6.07) is 0.136. The molecule has 2 saturated heterocycles. The molecule has 0 radical (unpaired) electrons. The van der Waals surface area contributed by atoms with E-state index in [4.69, 9.17) is 4.74 Å². The first-order chi connectivity index (χ1) is 8.58. The van der Waals surface area contributed by atoms with Crippen LogP contribution in [0.1, 0.15) is 20.3 Å². The van der Waals surface area contributed by atoms with Crippen molar-refractivity contribution in [1.29, 1.82) is 0 Å². The van der Waals surface area contributed by atoms with Crippen LogP contribution in [0.4, 0.5) is 4.79 Å². The number of hydrogen-bond acceptors (Lipinski definition) is 4. The van der Waals surface area contributed by atoms with E-state index in [1.54, 1.807) is 4.90 Å². The molecule has 2 amide bonds.